The van der Waals surface area contributed by atoms with Crippen molar-refractivity contribution in [3.05, 3.63) is 83.4 Å². The van der Waals surface area contributed by atoms with Gasteiger partial charge in [-0.15, -0.1) is 0 Å². The molecular weight excluding hydrogens is 540 g/mol. The van der Waals surface area contributed by atoms with Crippen molar-refractivity contribution in [2.75, 3.05) is 30.5 Å². The number of para-hydroxylation sites is 1. The van der Waals surface area contributed by atoms with Gasteiger partial charge < -0.3 is 24.8 Å². The quantitative estimate of drug-likeness (QED) is 0.113. The maximum absolute atomic E-state index is 12.4. The van der Waals surface area contributed by atoms with E-state index in [4.69, 9.17) is 14.2 Å². The maximum atomic E-state index is 12.4. The van der Waals surface area contributed by atoms with Crippen molar-refractivity contribution in [1.82, 2.24) is 5.43 Å². The smallest absolute Gasteiger partial charge is 0.338 e. The van der Waals surface area contributed by atoms with Gasteiger partial charge in [0, 0.05) is 11.4 Å². The highest BCUT2D eigenvalue weighted by Crippen LogP contribution is 2.28. The lowest BCUT2D eigenvalue weighted by Crippen LogP contribution is -2.25. The van der Waals surface area contributed by atoms with Crippen molar-refractivity contribution < 1.29 is 33.4 Å². The molecule has 0 aliphatic carbocycles. The number of nitrogens with zero attached hydrogens (tertiary/aromatic N) is 1. The highest BCUT2D eigenvalue weighted by molar-refractivity contribution is 6.04. The van der Waals surface area contributed by atoms with Gasteiger partial charge in [0.1, 0.15) is 6.42 Å². The number of anilines is 2. The molecule has 0 unspecified atom stereocenters. The summed E-state index contributed by atoms with van der Waals surface area (Å²) in [6.07, 6.45) is 1.77. The zero-order valence-corrected chi connectivity index (χ0v) is 23.8. The number of hydrogen-bond acceptors (Lipinski definition) is 8. The van der Waals surface area contributed by atoms with Crippen LogP contribution >= 0.6 is 0 Å². The summed E-state index contributed by atoms with van der Waals surface area (Å²) in [7, 11) is 0. The Labute approximate surface area is 244 Å². The van der Waals surface area contributed by atoms with Crippen LogP contribution < -0.4 is 25.5 Å². The minimum atomic E-state index is -0.566. The standard InChI is InChI=1S/C31H34N4O7/c1-4-22-9-7-8-10-25(22)34-28(36)18-29(37)35-32-19-21-11-16-26(27(17-21)40-5-2)42-20-30(38)33-24-14-12-23(13-15-24)31(39)41-6-3/h7-17,19H,4-6,18,20H2,1-3H3,(H,33,38)(H,34,36)(H,35,37). The number of aryl methyl sites for hydroxylation is 1. The van der Waals surface area contributed by atoms with Crippen LogP contribution in [0.1, 0.15) is 48.7 Å². The average molecular weight is 575 g/mol. The molecule has 0 spiro atoms. The van der Waals surface area contributed by atoms with Gasteiger partial charge in [-0.3, -0.25) is 14.4 Å². The van der Waals surface area contributed by atoms with Gasteiger partial charge in [0.15, 0.2) is 18.1 Å². The number of amides is 3. The molecule has 0 saturated heterocycles. The predicted molar refractivity (Wildman–Crippen MR) is 159 cm³/mol. The largest absolute Gasteiger partial charge is 0.490 e. The van der Waals surface area contributed by atoms with Gasteiger partial charge in [-0.1, -0.05) is 25.1 Å². The fourth-order valence-corrected chi connectivity index (χ4v) is 3.75. The first-order chi connectivity index (χ1) is 20.3. The molecule has 0 atom stereocenters. The summed E-state index contributed by atoms with van der Waals surface area (Å²) in [4.78, 5) is 48.6. The number of ether oxygens (including phenoxy) is 3. The van der Waals surface area contributed by atoms with E-state index in [1.807, 2.05) is 25.1 Å². The third-order valence-corrected chi connectivity index (χ3v) is 5.70. The monoisotopic (exact) mass is 574 g/mol. The summed E-state index contributed by atoms with van der Waals surface area (Å²) in [5.74, 6) is -1.12. The molecule has 3 N–H and O–H groups in total. The van der Waals surface area contributed by atoms with Gasteiger partial charge in [0.05, 0.1) is 25.0 Å². The van der Waals surface area contributed by atoms with Gasteiger partial charge in [0.2, 0.25) is 11.8 Å². The first-order valence-electron chi connectivity index (χ1n) is 13.5. The van der Waals surface area contributed by atoms with E-state index in [1.54, 1.807) is 62.4 Å². The number of hydrogen-bond donors (Lipinski definition) is 3. The van der Waals surface area contributed by atoms with Crippen LogP contribution in [0.15, 0.2) is 71.8 Å². The lowest BCUT2D eigenvalue weighted by molar-refractivity contribution is -0.126. The summed E-state index contributed by atoms with van der Waals surface area (Å²) >= 11 is 0. The minimum Gasteiger partial charge on any atom is -0.490 e. The second-order valence-corrected chi connectivity index (χ2v) is 8.80. The molecule has 0 aliphatic heterocycles. The minimum absolute atomic E-state index is 0.276. The van der Waals surface area contributed by atoms with E-state index in [2.05, 4.69) is 21.2 Å². The van der Waals surface area contributed by atoms with Gasteiger partial charge in [-0.2, -0.15) is 5.10 Å². The number of nitrogens with one attached hydrogen (secondary N) is 3. The van der Waals surface area contributed by atoms with E-state index in [9.17, 15) is 19.2 Å². The van der Waals surface area contributed by atoms with Gasteiger partial charge in [-0.05, 0) is 79.9 Å². The molecule has 3 aromatic carbocycles. The van der Waals surface area contributed by atoms with Gasteiger partial charge in [-0.25, -0.2) is 10.2 Å². The third-order valence-electron chi connectivity index (χ3n) is 5.70. The van der Waals surface area contributed by atoms with Crippen molar-refractivity contribution >= 4 is 41.3 Å². The SMILES string of the molecule is CCOC(=O)c1ccc(NC(=O)COc2ccc(C=NNC(=O)CC(=O)Nc3ccccc3CC)cc2OCC)cc1. The Hall–Kier alpha value is -5.19. The Morgan fingerprint density at radius 3 is 2.26 bits per heavy atom. The molecule has 42 heavy (non-hydrogen) atoms. The Bertz CT molecular complexity index is 1420. The number of carbonyl (C=O) groups is 4. The fraction of sp³-hybridized carbons (Fsp3) is 0.258. The van der Waals surface area contributed by atoms with E-state index in [0.29, 0.717) is 40.6 Å². The highest BCUT2D eigenvalue weighted by Gasteiger charge is 2.12. The molecule has 3 rings (SSSR count). The summed E-state index contributed by atoms with van der Waals surface area (Å²) in [5.41, 5.74) is 5.47. The lowest BCUT2D eigenvalue weighted by Gasteiger charge is -2.13. The Kier molecular flexibility index (Phi) is 12.1. The summed E-state index contributed by atoms with van der Waals surface area (Å²) in [5, 5.41) is 9.36. The van der Waals surface area contributed by atoms with Crippen molar-refractivity contribution in [2.24, 2.45) is 5.10 Å². The first kappa shape index (κ1) is 31.3. The van der Waals surface area contributed by atoms with Crippen LogP contribution in [0.3, 0.4) is 0 Å². The van der Waals surface area contributed by atoms with Gasteiger partial charge >= 0.3 is 5.97 Å². The zero-order valence-electron chi connectivity index (χ0n) is 23.8. The molecule has 220 valence electrons. The van der Waals surface area contributed by atoms with E-state index in [-0.39, 0.29) is 19.6 Å². The molecule has 11 nitrogen and oxygen atoms in total. The Balaban J connectivity index is 1.51. The Morgan fingerprint density at radius 2 is 1.55 bits per heavy atom. The second-order valence-electron chi connectivity index (χ2n) is 8.80. The highest BCUT2D eigenvalue weighted by atomic mass is 16.5. The first-order valence-corrected chi connectivity index (χ1v) is 13.5. The molecule has 0 aromatic heterocycles. The van der Waals surface area contributed by atoms with Crippen molar-refractivity contribution in [3.8, 4) is 11.5 Å². The summed E-state index contributed by atoms with van der Waals surface area (Å²) < 4.78 is 16.2. The molecule has 3 amide bonds. The predicted octanol–water partition coefficient (Wildman–Crippen LogP) is 4.32. The molecule has 0 heterocycles. The number of benzene rings is 3. The summed E-state index contributed by atoms with van der Waals surface area (Å²) in [6.45, 7) is 5.86. The van der Waals surface area contributed by atoms with Crippen LogP contribution in [0.5, 0.6) is 11.5 Å². The average Bonchev–Trinajstić information content (AvgIpc) is 2.97. The van der Waals surface area contributed by atoms with E-state index in [0.717, 1.165) is 12.0 Å². The van der Waals surface area contributed by atoms with Crippen LogP contribution in [0, 0.1) is 0 Å². The lowest BCUT2D eigenvalue weighted by atomic mass is 10.1. The maximum Gasteiger partial charge on any atom is 0.338 e. The third kappa shape index (κ3) is 9.77. The van der Waals surface area contributed by atoms with Crippen molar-refractivity contribution in [1.29, 1.82) is 0 Å². The molecule has 0 fully saturated rings. The van der Waals surface area contributed by atoms with Crippen molar-refractivity contribution in [3.63, 3.8) is 0 Å². The van der Waals surface area contributed by atoms with Crippen LogP contribution in [-0.2, 0) is 25.5 Å². The van der Waals surface area contributed by atoms with Crippen LogP contribution in [0.2, 0.25) is 0 Å². The molecule has 0 radical (unpaired) electrons. The number of hydrazone groups is 1. The topological polar surface area (TPSA) is 144 Å². The number of rotatable bonds is 14. The molecule has 0 saturated carbocycles. The van der Waals surface area contributed by atoms with Crippen LogP contribution in [0.25, 0.3) is 0 Å². The van der Waals surface area contributed by atoms with Crippen LogP contribution in [0.4, 0.5) is 11.4 Å². The fourth-order valence-electron chi connectivity index (χ4n) is 3.75. The molecule has 3 aromatic rings. The molecule has 0 bridgehead atoms. The number of esters is 1. The number of carbonyl (C=O) groups excluding carboxylic acids is 4. The Morgan fingerprint density at radius 1 is 0.786 bits per heavy atom. The van der Waals surface area contributed by atoms with E-state index in [1.165, 1.54) is 6.21 Å². The summed E-state index contributed by atoms with van der Waals surface area (Å²) in [6, 6.07) is 18.7. The molecule has 11 heteroatoms. The van der Waals surface area contributed by atoms with E-state index < -0.39 is 23.7 Å². The van der Waals surface area contributed by atoms with Crippen LogP contribution in [-0.4, -0.2) is 49.7 Å². The molecule has 0 aliphatic rings. The van der Waals surface area contributed by atoms with Crippen molar-refractivity contribution in [2.45, 2.75) is 33.6 Å². The zero-order chi connectivity index (χ0) is 30.3. The van der Waals surface area contributed by atoms with Gasteiger partial charge in [0.25, 0.3) is 5.91 Å². The molecular formula is C31H34N4O7. The van der Waals surface area contributed by atoms with E-state index >= 15 is 0 Å². The normalized spacial score (nSPS) is 10.5. The second kappa shape index (κ2) is 16.2.